The molecule has 0 aliphatic carbocycles. The predicted molar refractivity (Wildman–Crippen MR) is 76.4 cm³/mol. The van der Waals surface area contributed by atoms with Crippen LogP contribution in [-0.2, 0) is 16.3 Å². The van der Waals surface area contributed by atoms with Gasteiger partial charge in [-0.3, -0.25) is 0 Å². The topological polar surface area (TPSA) is 55.4 Å². The Labute approximate surface area is 115 Å². The van der Waals surface area contributed by atoms with Gasteiger partial charge in [-0.2, -0.15) is 0 Å². The molecule has 4 nitrogen and oxygen atoms in total. The number of sulfone groups is 1. The van der Waals surface area contributed by atoms with Crippen molar-refractivity contribution in [2.75, 3.05) is 19.4 Å². The molecule has 5 heteroatoms. The minimum absolute atomic E-state index is 0.102. The second-order valence-corrected chi connectivity index (χ2v) is 7.32. The summed E-state index contributed by atoms with van der Waals surface area (Å²) in [5.74, 6) is 1.03. The Morgan fingerprint density at radius 1 is 1.42 bits per heavy atom. The van der Waals surface area contributed by atoms with Gasteiger partial charge in [0.15, 0.2) is 9.84 Å². The van der Waals surface area contributed by atoms with Crippen LogP contribution in [0.1, 0.15) is 18.9 Å². The van der Waals surface area contributed by atoms with E-state index in [0.717, 1.165) is 17.9 Å². The monoisotopic (exact) mass is 283 g/mol. The Morgan fingerprint density at radius 3 is 2.89 bits per heavy atom. The molecule has 1 aromatic rings. The number of benzene rings is 1. The highest BCUT2D eigenvalue weighted by atomic mass is 32.2. The van der Waals surface area contributed by atoms with Crippen LogP contribution >= 0.6 is 0 Å². The number of methoxy groups -OCH3 is 1. The van der Waals surface area contributed by atoms with Crippen LogP contribution in [-0.4, -0.2) is 39.1 Å². The molecule has 1 unspecified atom stereocenters. The Morgan fingerprint density at radius 2 is 2.21 bits per heavy atom. The van der Waals surface area contributed by atoms with E-state index >= 15 is 0 Å². The van der Waals surface area contributed by atoms with E-state index in [1.165, 1.54) is 0 Å². The van der Waals surface area contributed by atoms with E-state index in [2.05, 4.69) is 5.32 Å². The third-order valence-corrected chi connectivity index (χ3v) is 5.82. The third kappa shape index (κ3) is 3.48. The first-order valence-electron chi connectivity index (χ1n) is 6.63. The van der Waals surface area contributed by atoms with Gasteiger partial charge in [0.2, 0.25) is 0 Å². The first-order valence-corrected chi connectivity index (χ1v) is 8.34. The first-order chi connectivity index (χ1) is 9.05. The van der Waals surface area contributed by atoms with Crippen LogP contribution in [0.25, 0.3) is 0 Å². The van der Waals surface area contributed by atoms with Gasteiger partial charge in [0.1, 0.15) is 5.75 Å². The molecule has 19 heavy (non-hydrogen) atoms. The predicted octanol–water partition coefficient (Wildman–Crippen LogP) is 1.40. The minimum Gasteiger partial charge on any atom is -0.497 e. The molecule has 106 valence electrons. The average molecular weight is 283 g/mol. The fourth-order valence-electron chi connectivity index (χ4n) is 2.65. The van der Waals surface area contributed by atoms with Gasteiger partial charge in [0.05, 0.1) is 18.1 Å². The van der Waals surface area contributed by atoms with E-state index in [1.807, 2.05) is 31.2 Å². The highest BCUT2D eigenvalue weighted by molar-refractivity contribution is 7.92. The summed E-state index contributed by atoms with van der Waals surface area (Å²) in [6.07, 6.45) is 1.27. The molecular weight excluding hydrogens is 262 g/mol. The van der Waals surface area contributed by atoms with Crippen LogP contribution in [0.5, 0.6) is 5.75 Å². The van der Waals surface area contributed by atoms with Gasteiger partial charge in [0.25, 0.3) is 0 Å². The van der Waals surface area contributed by atoms with Gasteiger partial charge in [0, 0.05) is 6.04 Å². The molecule has 2 rings (SSSR count). The second-order valence-electron chi connectivity index (χ2n) is 5.00. The quantitative estimate of drug-likeness (QED) is 0.887. The summed E-state index contributed by atoms with van der Waals surface area (Å²) in [4.78, 5) is 0. The molecule has 0 aromatic heterocycles. The zero-order valence-corrected chi connectivity index (χ0v) is 12.2. The van der Waals surface area contributed by atoms with Gasteiger partial charge < -0.3 is 10.1 Å². The van der Waals surface area contributed by atoms with Crippen LogP contribution in [0.3, 0.4) is 0 Å². The van der Waals surface area contributed by atoms with Crippen molar-refractivity contribution in [3.8, 4) is 5.75 Å². The summed E-state index contributed by atoms with van der Waals surface area (Å²) < 4.78 is 29.4. The van der Waals surface area contributed by atoms with Crippen LogP contribution in [0.15, 0.2) is 24.3 Å². The highest BCUT2D eigenvalue weighted by Crippen LogP contribution is 2.25. The van der Waals surface area contributed by atoms with Crippen LogP contribution < -0.4 is 10.1 Å². The fourth-order valence-corrected chi connectivity index (χ4v) is 4.71. The summed E-state index contributed by atoms with van der Waals surface area (Å²) in [5, 5.41) is 2.96. The number of nitrogens with one attached hydrogen (secondary N) is 1. The number of hydrogen-bond acceptors (Lipinski definition) is 4. The molecule has 0 radical (unpaired) electrons. The van der Waals surface area contributed by atoms with Gasteiger partial charge in [-0.15, -0.1) is 0 Å². The lowest BCUT2D eigenvalue weighted by Gasteiger charge is -2.11. The number of rotatable bonds is 5. The van der Waals surface area contributed by atoms with Gasteiger partial charge >= 0.3 is 0 Å². The average Bonchev–Trinajstić information content (AvgIpc) is 2.65. The van der Waals surface area contributed by atoms with Crippen molar-refractivity contribution in [1.29, 1.82) is 0 Å². The zero-order chi connectivity index (χ0) is 13.9. The normalized spacial score (nSPS) is 25.4. The zero-order valence-electron chi connectivity index (χ0n) is 11.4. The van der Waals surface area contributed by atoms with Crippen molar-refractivity contribution in [1.82, 2.24) is 5.32 Å². The van der Waals surface area contributed by atoms with E-state index in [9.17, 15) is 8.42 Å². The molecule has 0 saturated carbocycles. The lowest BCUT2D eigenvalue weighted by Crippen LogP contribution is -2.29. The summed E-state index contributed by atoms with van der Waals surface area (Å²) in [7, 11) is -1.36. The first kappa shape index (κ1) is 14.3. The minimum atomic E-state index is -2.98. The van der Waals surface area contributed by atoms with E-state index in [1.54, 1.807) is 7.11 Å². The maximum atomic E-state index is 12.1. The van der Waals surface area contributed by atoms with Crippen LogP contribution in [0, 0.1) is 0 Å². The van der Waals surface area contributed by atoms with Crippen molar-refractivity contribution in [2.45, 2.75) is 31.1 Å². The molecule has 0 amide bonds. The number of ether oxygens (including phenoxy) is 1. The van der Waals surface area contributed by atoms with Gasteiger partial charge in [-0.05, 0) is 37.1 Å². The van der Waals surface area contributed by atoms with Gasteiger partial charge in [-0.25, -0.2) is 8.42 Å². The lowest BCUT2D eigenvalue weighted by molar-refractivity contribution is 0.414. The lowest BCUT2D eigenvalue weighted by atomic mass is 10.0. The Bertz CT molecular complexity index is 527. The van der Waals surface area contributed by atoms with Gasteiger partial charge in [-0.1, -0.05) is 19.1 Å². The Hall–Kier alpha value is -1.07. The Balaban J connectivity index is 2.09. The summed E-state index contributed by atoms with van der Waals surface area (Å²) in [6.45, 7) is 2.81. The van der Waals surface area contributed by atoms with E-state index < -0.39 is 9.84 Å². The number of hydrogen-bond donors (Lipinski definition) is 1. The largest absolute Gasteiger partial charge is 0.497 e. The molecule has 1 fully saturated rings. The van der Waals surface area contributed by atoms with E-state index in [0.29, 0.717) is 12.8 Å². The molecule has 1 N–H and O–H groups in total. The molecular formula is C14H21NO3S. The smallest absolute Gasteiger partial charge is 0.155 e. The van der Waals surface area contributed by atoms with Crippen molar-refractivity contribution in [2.24, 2.45) is 0 Å². The summed E-state index contributed by atoms with van der Waals surface area (Å²) >= 11 is 0. The maximum Gasteiger partial charge on any atom is 0.155 e. The summed E-state index contributed by atoms with van der Waals surface area (Å²) in [5.41, 5.74) is 1.02. The van der Waals surface area contributed by atoms with Crippen molar-refractivity contribution in [3.63, 3.8) is 0 Å². The molecule has 1 heterocycles. The van der Waals surface area contributed by atoms with Crippen LogP contribution in [0.4, 0.5) is 0 Å². The molecule has 0 bridgehead atoms. The fraction of sp³-hybridized carbons (Fsp3) is 0.571. The standard InChI is InChI=1S/C14H21NO3S/c1-3-15-12-9-14(19(16,17)10-12)8-11-5-4-6-13(7-11)18-2/h4-7,12,14-15H,3,8-10H2,1-2H3/t12?,14-/m1/s1. The van der Waals surface area contributed by atoms with E-state index in [-0.39, 0.29) is 17.0 Å². The Kier molecular flexibility index (Phi) is 4.47. The molecule has 1 aromatic carbocycles. The van der Waals surface area contributed by atoms with Crippen molar-refractivity contribution < 1.29 is 13.2 Å². The highest BCUT2D eigenvalue weighted by Gasteiger charge is 2.37. The van der Waals surface area contributed by atoms with Crippen LogP contribution in [0.2, 0.25) is 0 Å². The summed E-state index contributed by atoms with van der Waals surface area (Å²) in [6, 6.07) is 7.74. The third-order valence-electron chi connectivity index (χ3n) is 3.58. The molecule has 2 atom stereocenters. The maximum absolute atomic E-state index is 12.1. The van der Waals surface area contributed by atoms with E-state index in [4.69, 9.17) is 4.74 Å². The molecule has 1 aliphatic rings. The molecule has 1 aliphatic heterocycles. The van der Waals surface area contributed by atoms with Crippen molar-refractivity contribution >= 4 is 9.84 Å². The van der Waals surface area contributed by atoms with Crippen molar-refractivity contribution in [3.05, 3.63) is 29.8 Å². The second kappa shape index (κ2) is 5.92. The SMILES string of the molecule is CCNC1C[C@@H](Cc2cccc(OC)c2)S(=O)(=O)C1. The molecule has 1 saturated heterocycles. The molecule has 0 spiro atoms.